The summed E-state index contributed by atoms with van der Waals surface area (Å²) >= 11 is 0. The maximum atomic E-state index is 5.93. The van der Waals surface area contributed by atoms with E-state index in [0.29, 0.717) is 0 Å². The van der Waals surface area contributed by atoms with Gasteiger partial charge in [0.1, 0.15) is 12.5 Å². The Morgan fingerprint density at radius 3 is 1.35 bits per heavy atom. The van der Waals surface area contributed by atoms with E-state index < -0.39 is 0 Å². The third-order valence-corrected chi connectivity index (χ3v) is 10.3. The van der Waals surface area contributed by atoms with Crippen molar-refractivity contribution in [3.05, 3.63) is 61.1 Å². The van der Waals surface area contributed by atoms with E-state index in [4.69, 9.17) is 9.47 Å². The molecule has 0 aromatic carbocycles. The van der Waals surface area contributed by atoms with Crippen LogP contribution in [0.3, 0.4) is 0 Å². The van der Waals surface area contributed by atoms with Crippen molar-refractivity contribution in [1.82, 2.24) is 9.80 Å². The maximum absolute atomic E-state index is 5.93. The second-order valence-corrected chi connectivity index (χ2v) is 14.7. The van der Waals surface area contributed by atoms with Gasteiger partial charge in [-0.25, -0.2) is 4.90 Å². The minimum atomic E-state index is -0.243. The lowest BCUT2D eigenvalue weighted by molar-refractivity contribution is -0.200. The van der Waals surface area contributed by atoms with Gasteiger partial charge in [-0.2, -0.15) is 0 Å². The number of allylic oxidation sites excluding steroid dienone is 8. The number of nitrogens with zero attached hydrogens (tertiary/aromatic N) is 2. The molecule has 0 saturated carbocycles. The average molecular weight is 667 g/mol. The summed E-state index contributed by atoms with van der Waals surface area (Å²) in [5, 5.41) is 0. The quantitative estimate of drug-likeness (QED) is 0.0543. The number of hydrogen-bond donors (Lipinski definition) is 0. The third kappa shape index (κ3) is 20.7. The van der Waals surface area contributed by atoms with E-state index in [1.54, 1.807) is 12.5 Å². The molecule has 0 aromatic heterocycles. The van der Waals surface area contributed by atoms with E-state index in [-0.39, 0.29) is 12.0 Å². The molecule has 2 heterocycles. The van der Waals surface area contributed by atoms with Gasteiger partial charge in [0.2, 0.25) is 0 Å². The molecule has 0 unspecified atom stereocenters. The van der Waals surface area contributed by atoms with Crippen LogP contribution in [0, 0.1) is 0 Å². The molecule has 0 amide bonds. The monoisotopic (exact) mass is 667 g/mol. The number of ether oxygens (including phenoxy) is 2. The molecule has 1 fully saturated rings. The average Bonchev–Trinajstić information content (AvgIpc) is 3.63. The lowest BCUT2D eigenvalue weighted by Crippen LogP contribution is -2.64. The minimum absolute atomic E-state index is 0.147. The normalized spacial score (nSPS) is 17.6. The molecule has 2 aliphatic heterocycles. The molecule has 0 N–H and O–H groups in total. The molecular weight excluding hydrogens is 588 g/mol. The van der Waals surface area contributed by atoms with E-state index in [2.05, 4.69) is 79.3 Å². The molecule has 0 bridgehead atoms. The van der Waals surface area contributed by atoms with Crippen LogP contribution in [-0.2, 0) is 9.47 Å². The fourth-order valence-corrected chi connectivity index (χ4v) is 7.35. The Labute approximate surface area is 299 Å². The van der Waals surface area contributed by atoms with Gasteiger partial charge in [0, 0.05) is 25.2 Å². The Kier molecular flexibility index (Phi) is 26.6. The highest BCUT2D eigenvalue weighted by atomic mass is 16.7. The first-order valence-corrected chi connectivity index (χ1v) is 20.7. The van der Waals surface area contributed by atoms with Crippen molar-refractivity contribution >= 4 is 0 Å². The summed E-state index contributed by atoms with van der Waals surface area (Å²) in [7, 11) is 2.30. The Hall–Kier alpha value is -1.78. The smallest absolute Gasteiger partial charge is 0.304 e. The SMILES string of the molecule is CCCCC/C=C\C/C=C\CCCCCCCCC1(CCCCCCCC/C=C\C/C=C\CCCCC)CN(C)CCN1C1OC=CO1. The lowest BCUT2D eigenvalue weighted by Gasteiger charge is -2.51. The van der Waals surface area contributed by atoms with Crippen LogP contribution < -0.4 is 0 Å². The molecule has 1 saturated heterocycles. The topological polar surface area (TPSA) is 24.9 Å². The second kappa shape index (κ2) is 30.1. The van der Waals surface area contributed by atoms with Crippen LogP contribution in [0.1, 0.15) is 181 Å². The van der Waals surface area contributed by atoms with Crippen molar-refractivity contribution in [3.63, 3.8) is 0 Å². The molecule has 0 spiro atoms. The Morgan fingerprint density at radius 1 is 0.521 bits per heavy atom. The van der Waals surface area contributed by atoms with Gasteiger partial charge in [-0.3, -0.25) is 0 Å². The number of piperazine rings is 1. The van der Waals surface area contributed by atoms with Crippen LogP contribution in [0.4, 0.5) is 0 Å². The van der Waals surface area contributed by atoms with Gasteiger partial charge >= 0.3 is 6.41 Å². The number of unbranched alkanes of at least 4 members (excludes halogenated alkanes) is 18. The van der Waals surface area contributed by atoms with Crippen LogP contribution in [-0.4, -0.2) is 48.4 Å². The van der Waals surface area contributed by atoms with Crippen LogP contribution >= 0.6 is 0 Å². The zero-order valence-electron chi connectivity index (χ0n) is 32.1. The Morgan fingerprint density at radius 2 is 0.917 bits per heavy atom. The number of hydrogen-bond acceptors (Lipinski definition) is 4. The molecule has 2 aliphatic rings. The van der Waals surface area contributed by atoms with Crippen LogP contribution in [0.25, 0.3) is 0 Å². The van der Waals surface area contributed by atoms with E-state index >= 15 is 0 Å². The van der Waals surface area contributed by atoms with E-state index in [1.165, 1.54) is 154 Å². The Bertz CT molecular complexity index is 819. The first-order valence-electron chi connectivity index (χ1n) is 20.7. The van der Waals surface area contributed by atoms with Gasteiger partial charge < -0.3 is 14.4 Å². The molecule has 0 radical (unpaired) electrons. The summed E-state index contributed by atoms with van der Waals surface area (Å²) in [4.78, 5) is 5.12. The first kappa shape index (κ1) is 42.4. The minimum Gasteiger partial charge on any atom is -0.446 e. The summed E-state index contributed by atoms with van der Waals surface area (Å²) in [5.41, 5.74) is 0.147. The van der Waals surface area contributed by atoms with Crippen LogP contribution in [0.2, 0.25) is 0 Å². The zero-order valence-corrected chi connectivity index (χ0v) is 32.1. The lowest BCUT2D eigenvalue weighted by atomic mass is 9.82. The van der Waals surface area contributed by atoms with Crippen molar-refractivity contribution in [2.75, 3.05) is 26.7 Å². The molecule has 48 heavy (non-hydrogen) atoms. The van der Waals surface area contributed by atoms with Crippen molar-refractivity contribution in [1.29, 1.82) is 0 Å². The Balaban J connectivity index is 1.63. The maximum Gasteiger partial charge on any atom is 0.304 e. The molecular formula is C44H78N2O2. The van der Waals surface area contributed by atoms with Crippen molar-refractivity contribution in [2.24, 2.45) is 0 Å². The number of likely N-dealkylation sites (N-methyl/N-ethyl adjacent to an activating group) is 1. The van der Waals surface area contributed by atoms with E-state index in [9.17, 15) is 0 Å². The summed E-state index contributed by atoms with van der Waals surface area (Å²) in [6.07, 6.45) is 55.9. The molecule has 0 aromatic rings. The predicted molar refractivity (Wildman–Crippen MR) is 210 cm³/mol. The highest BCUT2D eigenvalue weighted by molar-refractivity contribution is 4.98. The van der Waals surface area contributed by atoms with Gasteiger partial charge in [0.25, 0.3) is 0 Å². The largest absolute Gasteiger partial charge is 0.446 e. The molecule has 0 atom stereocenters. The summed E-state index contributed by atoms with van der Waals surface area (Å²) in [5.74, 6) is 0. The summed E-state index contributed by atoms with van der Waals surface area (Å²) in [6, 6.07) is 0. The van der Waals surface area contributed by atoms with Gasteiger partial charge in [0.05, 0.1) is 0 Å². The summed E-state index contributed by atoms with van der Waals surface area (Å²) < 4.78 is 11.9. The van der Waals surface area contributed by atoms with Gasteiger partial charge in [-0.15, -0.1) is 0 Å². The first-order chi connectivity index (χ1) is 23.7. The highest BCUT2D eigenvalue weighted by Gasteiger charge is 2.45. The predicted octanol–water partition coefficient (Wildman–Crippen LogP) is 13.2. The van der Waals surface area contributed by atoms with Gasteiger partial charge in [-0.1, -0.05) is 152 Å². The molecule has 0 aliphatic carbocycles. The van der Waals surface area contributed by atoms with Crippen LogP contribution in [0.15, 0.2) is 61.1 Å². The number of rotatable bonds is 31. The van der Waals surface area contributed by atoms with Gasteiger partial charge in [0.15, 0.2) is 0 Å². The molecule has 4 heteroatoms. The van der Waals surface area contributed by atoms with Crippen LogP contribution in [0.5, 0.6) is 0 Å². The highest BCUT2D eigenvalue weighted by Crippen LogP contribution is 2.36. The van der Waals surface area contributed by atoms with Crippen molar-refractivity contribution in [3.8, 4) is 0 Å². The van der Waals surface area contributed by atoms with E-state index in [0.717, 1.165) is 32.5 Å². The molecule has 2 rings (SSSR count). The standard InChI is InChI=1S/C44H78N2O2/c1-4-6-8-10-12-14-16-18-20-22-24-26-28-30-32-34-36-44(42-45(3)38-39-46(44)43-47-40-41-48-43)37-35-33-31-29-27-25-23-21-19-17-15-13-11-9-7-5-2/h12-15,18-21,40-41,43H,4-11,16-17,22-39,42H2,1-3H3/b14-12-,15-13-,20-18-,21-19-. The molecule has 276 valence electrons. The second-order valence-electron chi connectivity index (χ2n) is 14.7. The van der Waals surface area contributed by atoms with Crippen molar-refractivity contribution in [2.45, 2.75) is 193 Å². The fraction of sp³-hybridized carbons (Fsp3) is 0.773. The third-order valence-electron chi connectivity index (χ3n) is 10.3. The molecule has 4 nitrogen and oxygen atoms in total. The fourth-order valence-electron chi connectivity index (χ4n) is 7.35. The zero-order chi connectivity index (χ0) is 34.2. The van der Waals surface area contributed by atoms with Crippen molar-refractivity contribution < 1.29 is 9.47 Å². The van der Waals surface area contributed by atoms with E-state index in [1.807, 2.05) is 0 Å². The van der Waals surface area contributed by atoms with Gasteiger partial charge in [-0.05, 0) is 84.1 Å². The summed E-state index contributed by atoms with van der Waals surface area (Å²) in [6.45, 7) is 7.77.